The highest BCUT2D eigenvalue weighted by molar-refractivity contribution is 5.31. The van der Waals surface area contributed by atoms with Gasteiger partial charge in [0.1, 0.15) is 18.1 Å². The molecule has 0 bridgehead atoms. The molecule has 0 spiro atoms. The summed E-state index contributed by atoms with van der Waals surface area (Å²) >= 11 is 0. The zero-order chi connectivity index (χ0) is 13.2. The van der Waals surface area contributed by atoms with Crippen molar-refractivity contribution in [3.63, 3.8) is 0 Å². The summed E-state index contributed by atoms with van der Waals surface area (Å²) in [5, 5.41) is 12.2. The average molecular weight is 253 g/mol. The van der Waals surface area contributed by atoms with Crippen LogP contribution in [0.15, 0.2) is 24.3 Å². The molecule has 1 unspecified atom stereocenters. The summed E-state index contributed by atoms with van der Waals surface area (Å²) in [5.74, 6) is 1.67. The van der Waals surface area contributed by atoms with E-state index in [9.17, 15) is 0 Å². The summed E-state index contributed by atoms with van der Waals surface area (Å²) in [6, 6.07) is 7.77. The minimum atomic E-state index is 0.171. The Morgan fingerprint density at radius 1 is 1.11 bits per heavy atom. The molecule has 1 atom stereocenters. The van der Waals surface area contributed by atoms with Gasteiger partial charge >= 0.3 is 0 Å². The van der Waals surface area contributed by atoms with Crippen molar-refractivity contribution < 1.29 is 14.6 Å². The van der Waals surface area contributed by atoms with Crippen LogP contribution in [0.25, 0.3) is 0 Å². The fraction of sp³-hybridized carbons (Fsp3) is 0.571. The highest BCUT2D eigenvalue weighted by Crippen LogP contribution is 2.17. The highest BCUT2D eigenvalue weighted by Gasteiger charge is 2.07. The van der Waals surface area contributed by atoms with E-state index in [1.807, 2.05) is 38.1 Å². The quantitative estimate of drug-likeness (QED) is 0.705. The standard InChI is InChI=1S/C14H23NO3/c1-3-15-12(9-10-16)11-18-14-7-5-13(6-8-14)17-4-2/h5-8,12,15-16H,3-4,9-11H2,1-2H3. The molecule has 1 aromatic rings. The molecule has 2 N–H and O–H groups in total. The van der Waals surface area contributed by atoms with Gasteiger partial charge in [-0.05, 0) is 44.2 Å². The smallest absolute Gasteiger partial charge is 0.119 e. The second-order valence-corrected chi connectivity index (χ2v) is 3.98. The molecule has 1 rings (SSSR count). The normalized spacial score (nSPS) is 12.2. The lowest BCUT2D eigenvalue weighted by Gasteiger charge is -2.17. The third kappa shape index (κ3) is 5.38. The molecule has 0 aliphatic carbocycles. The Morgan fingerprint density at radius 3 is 2.22 bits per heavy atom. The SMILES string of the molecule is CCNC(CCO)COc1ccc(OCC)cc1. The fourth-order valence-corrected chi connectivity index (χ4v) is 1.68. The summed E-state index contributed by atoms with van der Waals surface area (Å²) < 4.78 is 11.0. The molecule has 1 aromatic carbocycles. The zero-order valence-corrected chi connectivity index (χ0v) is 11.2. The number of benzene rings is 1. The van der Waals surface area contributed by atoms with Gasteiger partial charge in [0.2, 0.25) is 0 Å². The second kappa shape index (κ2) is 8.78. The van der Waals surface area contributed by atoms with Crippen molar-refractivity contribution in [2.75, 3.05) is 26.4 Å². The van der Waals surface area contributed by atoms with Gasteiger partial charge in [0.05, 0.1) is 6.61 Å². The topological polar surface area (TPSA) is 50.7 Å². The predicted molar refractivity (Wildman–Crippen MR) is 72.3 cm³/mol. The molecule has 4 nitrogen and oxygen atoms in total. The molecular formula is C14H23NO3. The van der Waals surface area contributed by atoms with Gasteiger partial charge in [-0.25, -0.2) is 0 Å². The lowest BCUT2D eigenvalue weighted by atomic mass is 10.2. The maximum absolute atomic E-state index is 8.94. The molecule has 18 heavy (non-hydrogen) atoms. The maximum atomic E-state index is 8.94. The largest absolute Gasteiger partial charge is 0.494 e. The molecule has 0 amide bonds. The molecule has 4 heteroatoms. The molecule has 0 radical (unpaired) electrons. The molecule has 0 fully saturated rings. The highest BCUT2D eigenvalue weighted by atomic mass is 16.5. The van der Waals surface area contributed by atoms with Crippen LogP contribution in [0, 0.1) is 0 Å². The lowest BCUT2D eigenvalue weighted by molar-refractivity contribution is 0.215. The van der Waals surface area contributed by atoms with Crippen LogP contribution in [0.3, 0.4) is 0 Å². The van der Waals surface area contributed by atoms with E-state index in [-0.39, 0.29) is 12.6 Å². The molecule has 0 aromatic heterocycles. The Balaban J connectivity index is 2.41. The van der Waals surface area contributed by atoms with Crippen LogP contribution < -0.4 is 14.8 Å². The van der Waals surface area contributed by atoms with Gasteiger partial charge in [-0.1, -0.05) is 6.92 Å². The number of ether oxygens (including phenoxy) is 2. The average Bonchev–Trinajstić information content (AvgIpc) is 2.38. The van der Waals surface area contributed by atoms with E-state index in [0.717, 1.165) is 18.0 Å². The van der Waals surface area contributed by atoms with Crippen LogP contribution in [0.1, 0.15) is 20.3 Å². The molecule has 0 saturated carbocycles. The fourth-order valence-electron chi connectivity index (χ4n) is 1.68. The summed E-state index contributed by atoms with van der Waals surface area (Å²) in [6.45, 7) is 6.27. The summed E-state index contributed by atoms with van der Waals surface area (Å²) in [4.78, 5) is 0. The Hall–Kier alpha value is -1.26. The molecule has 0 heterocycles. The second-order valence-electron chi connectivity index (χ2n) is 3.98. The van der Waals surface area contributed by atoms with E-state index in [0.29, 0.717) is 19.6 Å². The number of aliphatic hydroxyl groups excluding tert-OH is 1. The van der Waals surface area contributed by atoms with Gasteiger partial charge in [0.25, 0.3) is 0 Å². The third-order valence-corrected chi connectivity index (χ3v) is 2.56. The van der Waals surface area contributed by atoms with E-state index in [2.05, 4.69) is 5.32 Å². The number of nitrogens with one attached hydrogen (secondary N) is 1. The van der Waals surface area contributed by atoms with Gasteiger partial charge in [0.15, 0.2) is 0 Å². The van der Waals surface area contributed by atoms with Crippen molar-refractivity contribution in [2.45, 2.75) is 26.3 Å². The molecule has 102 valence electrons. The van der Waals surface area contributed by atoms with Crippen molar-refractivity contribution >= 4 is 0 Å². The predicted octanol–water partition coefficient (Wildman–Crippen LogP) is 1.82. The van der Waals surface area contributed by atoms with E-state index in [1.54, 1.807) is 0 Å². The number of hydrogen-bond acceptors (Lipinski definition) is 4. The Bertz CT molecular complexity index is 307. The van der Waals surface area contributed by atoms with E-state index < -0.39 is 0 Å². The van der Waals surface area contributed by atoms with Crippen LogP contribution >= 0.6 is 0 Å². The number of aliphatic hydroxyl groups is 1. The Kier molecular flexibility index (Phi) is 7.22. The lowest BCUT2D eigenvalue weighted by Crippen LogP contribution is -2.35. The number of rotatable bonds is 9. The van der Waals surface area contributed by atoms with Crippen molar-refractivity contribution in [3.8, 4) is 11.5 Å². The molecule has 0 saturated heterocycles. The summed E-state index contributed by atoms with van der Waals surface area (Å²) in [5.41, 5.74) is 0. The molecule has 0 aliphatic rings. The van der Waals surface area contributed by atoms with Gasteiger partial charge in [-0.2, -0.15) is 0 Å². The first-order chi connectivity index (χ1) is 8.80. The van der Waals surface area contributed by atoms with Crippen LogP contribution in [-0.4, -0.2) is 37.5 Å². The molecule has 0 aliphatic heterocycles. The third-order valence-electron chi connectivity index (χ3n) is 2.56. The number of hydrogen-bond donors (Lipinski definition) is 2. The van der Waals surface area contributed by atoms with Gasteiger partial charge in [-0.3, -0.25) is 0 Å². The van der Waals surface area contributed by atoms with Gasteiger partial charge < -0.3 is 19.9 Å². The van der Waals surface area contributed by atoms with Gasteiger partial charge in [0, 0.05) is 12.6 Å². The van der Waals surface area contributed by atoms with Crippen LogP contribution in [0.4, 0.5) is 0 Å². The van der Waals surface area contributed by atoms with Crippen molar-refractivity contribution in [1.82, 2.24) is 5.32 Å². The van der Waals surface area contributed by atoms with Crippen LogP contribution in [0.5, 0.6) is 11.5 Å². The van der Waals surface area contributed by atoms with E-state index in [1.165, 1.54) is 0 Å². The molecular weight excluding hydrogens is 230 g/mol. The van der Waals surface area contributed by atoms with Gasteiger partial charge in [-0.15, -0.1) is 0 Å². The monoisotopic (exact) mass is 253 g/mol. The maximum Gasteiger partial charge on any atom is 0.119 e. The summed E-state index contributed by atoms with van der Waals surface area (Å²) in [6.07, 6.45) is 0.699. The first-order valence-corrected chi connectivity index (χ1v) is 6.50. The van der Waals surface area contributed by atoms with Crippen molar-refractivity contribution in [3.05, 3.63) is 24.3 Å². The van der Waals surface area contributed by atoms with Crippen molar-refractivity contribution in [2.24, 2.45) is 0 Å². The van der Waals surface area contributed by atoms with Crippen molar-refractivity contribution in [1.29, 1.82) is 0 Å². The van der Waals surface area contributed by atoms with E-state index in [4.69, 9.17) is 14.6 Å². The zero-order valence-electron chi connectivity index (χ0n) is 11.2. The number of likely N-dealkylation sites (N-methyl/N-ethyl adjacent to an activating group) is 1. The minimum Gasteiger partial charge on any atom is -0.494 e. The van der Waals surface area contributed by atoms with Crippen LogP contribution in [-0.2, 0) is 0 Å². The minimum absolute atomic E-state index is 0.171. The van der Waals surface area contributed by atoms with Crippen LogP contribution in [0.2, 0.25) is 0 Å². The first kappa shape index (κ1) is 14.8. The first-order valence-electron chi connectivity index (χ1n) is 6.50. The Labute approximate surface area is 109 Å². The van der Waals surface area contributed by atoms with E-state index >= 15 is 0 Å². The summed E-state index contributed by atoms with van der Waals surface area (Å²) in [7, 11) is 0. The Morgan fingerprint density at radius 2 is 1.72 bits per heavy atom.